The average molecular weight is 271 g/mol. The molecule has 0 fully saturated rings. The van der Waals surface area contributed by atoms with Crippen LogP contribution in [-0.4, -0.2) is 0 Å². The van der Waals surface area contributed by atoms with Gasteiger partial charge >= 0.3 is 0 Å². The van der Waals surface area contributed by atoms with E-state index in [2.05, 4.69) is 50.4 Å². The molecule has 0 aliphatic rings. The minimum Gasteiger partial charge on any atom is -0.376 e. The predicted octanol–water partition coefficient (Wildman–Crippen LogP) is 5.30. The van der Waals surface area contributed by atoms with Gasteiger partial charge in [-0.05, 0) is 35.6 Å². The summed E-state index contributed by atoms with van der Waals surface area (Å²) in [5, 5.41) is 3.21. The monoisotopic (exact) mass is 271 g/mol. The molecule has 0 radical (unpaired) electrons. The number of anilines is 1. The smallest absolute Gasteiger partial charge is 0.146 e. The van der Waals surface area contributed by atoms with Gasteiger partial charge in [-0.1, -0.05) is 57.2 Å². The zero-order valence-electron chi connectivity index (χ0n) is 12.6. The molecule has 2 heteroatoms. The van der Waals surface area contributed by atoms with Crippen molar-refractivity contribution >= 4 is 5.69 Å². The van der Waals surface area contributed by atoms with Crippen molar-refractivity contribution in [3.8, 4) is 0 Å². The van der Waals surface area contributed by atoms with Crippen molar-refractivity contribution in [2.45, 2.75) is 39.2 Å². The van der Waals surface area contributed by atoms with E-state index in [0.717, 1.165) is 5.56 Å². The topological polar surface area (TPSA) is 12.0 Å². The lowest BCUT2D eigenvalue weighted by atomic mass is 9.86. The molecular weight excluding hydrogens is 249 g/mol. The highest BCUT2D eigenvalue weighted by molar-refractivity contribution is 5.46. The van der Waals surface area contributed by atoms with Gasteiger partial charge in [0.1, 0.15) is 5.82 Å². The van der Waals surface area contributed by atoms with Gasteiger partial charge in [0.05, 0.1) is 5.69 Å². The molecule has 0 aliphatic heterocycles. The highest BCUT2D eigenvalue weighted by Gasteiger charge is 2.14. The summed E-state index contributed by atoms with van der Waals surface area (Å²) < 4.78 is 13.6. The largest absolute Gasteiger partial charge is 0.376 e. The molecule has 0 heterocycles. The first-order valence-electron chi connectivity index (χ1n) is 6.99. The molecule has 0 aliphatic carbocycles. The van der Waals surface area contributed by atoms with E-state index in [1.807, 2.05) is 13.0 Å². The quantitative estimate of drug-likeness (QED) is 0.799. The van der Waals surface area contributed by atoms with Crippen molar-refractivity contribution in [3.63, 3.8) is 0 Å². The highest BCUT2D eigenvalue weighted by Crippen LogP contribution is 2.26. The van der Waals surface area contributed by atoms with Crippen LogP contribution < -0.4 is 5.32 Å². The first-order chi connectivity index (χ1) is 9.38. The molecule has 1 atom stereocenters. The molecule has 0 amide bonds. The summed E-state index contributed by atoms with van der Waals surface area (Å²) in [4.78, 5) is 0. The van der Waals surface area contributed by atoms with Crippen LogP contribution in [0, 0.1) is 5.82 Å². The molecule has 0 bridgehead atoms. The number of benzene rings is 2. The minimum absolute atomic E-state index is 0.0703. The van der Waals surface area contributed by atoms with Gasteiger partial charge in [-0.25, -0.2) is 4.39 Å². The Morgan fingerprint density at radius 2 is 1.55 bits per heavy atom. The predicted molar refractivity (Wildman–Crippen MR) is 83.6 cm³/mol. The van der Waals surface area contributed by atoms with Crippen molar-refractivity contribution in [2.24, 2.45) is 0 Å². The Morgan fingerprint density at radius 1 is 0.950 bits per heavy atom. The highest BCUT2D eigenvalue weighted by atomic mass is 19.1. The molecule has 1 unspecified atom stereocenters. The fourth-order valence-corrected chi connectivity index (χ4v) is 2.17. The van der Waals surface area contributed by atoms with E-state index in [1.165, 1.54) is 11.6 Å². The summed E-state index contributed by atoms with van der Waals surface area (Å²) in [5.74, 6) is -0.217. The molecule has 0 spiro atoms. The van der Waals surface area contributed by atoms with E-state index in [0.29, 0.717) is 5.69 Å². The summed E-state index contributed by atoms with van der Waals surface area (Å²) in [6, 6.07) is 15.3. The Kier molecular flexibility index (Phi) is 4.12. The lowest BCUT2D eigenvalue weighted by Crippen LogP contribution is -2.12. The molecule has 0 saturated heterocycles. The van der Waals surface area contributed by atoms with Gasteiger partial charge in [-0.15, -0.1) is 0 Å². The fraction of sp³-hybridized carbons (Fsp3) is 0.333. The second-order valence-electron chi connectivity index (χ2n) is 6.22. The molecule has 0 saturated carbocycles. The number of rotatable bonds is 3. The van der Waals surface area contributed by atoms with Crippen LogP contribution in [0.2, 0.25) is 0 Å². The van der Waals surface area contributed by atoms with Crippen molar-refractivity contribution in [2.75, 3.05) is 5.32 Å². The summed E-state index contributed by atoms with van der Waals surface area (Å²) in [6.45, 7) is 8.63. The lowest BCUT2D eigenvalue weighted by Gasteiger charge is -2.21. The van der Waals surface area contributed by atoms with E-state index in [9.17, 15) is 4.39 Å². The SMILES string of the molecule is CC(Nc1ccccc1F)c1ccc(C(C)(C)C)cc1. The van der Waals surface area contributed by atoms with Crippen molar-refractivity contribution in [1.82, 2.24) is 0 Å². The number of para-hydroxylation sites is 1. The third-order valence-electron chi connectivity index (χ3n) is 3.52. The van der Waals surface area contributed by atoms with Crippen LogP contribution in [0.4, 0.5) is 10.1 Å². The van der Waals surface area contributed by atoms with Crippen LogP contribution in [0.15, 0.2) is 48.5 Å². The molecule has 2 aromatic rings. The van der Waals surface area contributed by atoms with Gasteiger partial charge < -0.3 is 5.32 Å². The third-order valence-corrected chi connectivity index (χ3v) is 3.52. The number of hydrogen-bond donors (Lipinski definition) is 1. The molecular formula is C18H22FN. The standard InChI is InChI=1S/C18H22FN/c1-13(20-17-8-6-5-7-16(17)19)14-9-11-15(12-10-14)18(2,3)4/h5-13,20H,1-4H3. The summed E-state index contributed by atoms with van der Waals surface area (Å²) in [7, 11) is 0. The Bertz CT molecular complexity index is 567. The normalized spacial score (nSPS) is 13.1. The van der Waals surface area contributed by atoms with Gasteiger partial charge in [0.2, 0.25) is 0 Å². The van der Waals surface area contributed by atoms with Crippen LogP contribution in [-0.2, 0) is 5.41 Å². The van der Waals surface area contributed by atoms with Gasteiger partial charge in [0.25, 0.3) is 0 Å². The molecule has 1 nitrogen and oxygen atoms in total. The van der Waals surface area contributed by atoms with Gasteiger partial charge in [-0.2, -0.15) is 0 Å². The molecule has 20 heavy (non-hydrogen) atoms. The number of nitrogens with one attached hydrogen (secondary N) is 1. The average Bonchev–Trinajstić information content (AvgIpc) is 2.40. The second kappa shape index (κ2) is 5.66. The van der Waals surface area contributed by atoms with Gasteiger partial charge in [0, 0.05) is 6.04 Å². The maximum Gasteiger partial charge on any atom is 0.146 e. The summed E-state index contributed by atoms with van der Waals surface area (Å²) in [5.41, 5.74) is 3.15. The molecule has 0 aromatic heterocycles. The zero-order chi connectivity index (χ0) is 14.8. The van der Waals surface area contributed by atoms with Crippen LogP contribution in [0.1, 0.15) is 44.9 Å². The van der Waals surface area contributed by atoms with Gasteiger partial charge in [0.15, 0.2) is 0 Å². The Labute approximate surface area is 120 Å². The Morgan fingerprint density at radius 3 is 2.10 bits per heavy atom. The molecule has 1 N–H and O–H groups in total. The maximum absolute atomic E-state index is 13.6. The van der Waals surface area contributed by atoms with Crippen molar-refractivity contribution in [1.29, 1.82) is 0 Å². The fourth-order valence-electron chi connectivity index (χ4n) is 2.17. The Balaban J connectivity index is 2.14. The van der Waals surface area contributed by atoms with Gasteiger partial charge in [-0.3, -0.25) is 0 Å². The van der Waals surface area contributed by atoms with E-state index < -0.39 is 0 Å². The van der Waals surface area contributed by atoms with Crippen LogP contribution in [0.3, 0.4) is 0 Å². The van der Waals surface area contributed by atoms with Crippen LogP contribution in [0.5, 0.6) is 0 Å². The van der Waals surface area contributed by atoms with E-state index in [4.69, 9.17) is 0 Å². The summed E-state index contributed by atoms with van der Waals surface area (Å²) >= 11 is 0. The van der Waals surface area contributed by atoms with E-state index in [-0.39, 0.29) is 17.3 Å². The van der Waals surface area contributed by atoms with Crippen LogP contribution in [0.25, 0.3) is 0 Å². The Hall–Kier alpha value is -1.83. The number of hydrogen-bond acceptors (Lipinski definition) is 1. The first kappa shape index (κ1) is 14.6. The minimum atomic E-state index is -0.217. The van der Waals surface area contributed by atoms with E-state index in [1.54, 1.807) is 12.1 Å². The van der Waals surface area contributed by atoms with E-state index >= 15 is 0 Å². The summed E-state index contributed by atoms with van der Waals surface area (Å²) in [6.07, 6.45) is 0. The lowest BCUT2D eigenvalue weighted by molar-refractivity contribution is 0.589. The number of halogens is 1. The van der Waals surface area contributed by atoms with Crippen LogP contribution >= 0.6 is 0 Å². The second-order valence-corrected chi connectivity index (χ2v) is 6.22. The maximum atomic E-state index is 13.6. The molecule has 2 aromatic carbocycles. The van der Waals surface area contributed by atoms with Crippen molar-refractivity contribution in [3.05, 3.63) is 65.5 Å². The third kappa shape index (κ3) is 3.38. The van der Waals surface area contributed by atoms with Crippen molar-refractivity contribution < 1.29 is 4.39 Å². The molecule has 2 rings (SSSR count). The molecule has 106 valence electrons. The zero-order valence-corrected chi connectivity index (χ0v) is 12.6. The first-order valence-corrected chi connectivity index (χ1v) is 6.99.